The summed E-state index contributed by atoms with van der Waals surface area (Å²) in [6, 6.07) is 12.2. The first-order valence-electron chi connectivity index (χ1n) is 8.50. The van der Waals surface area contributed by atoms with Crippen molar-refractivity contribution in [3.8, 4) is 11.3 Å². The third-order valence-corrected chi connectivity index (χ3v) is 5.44. The zero-order chi connectivity index (χ0) is 17.2. The van der Waals surface area contributed by atoms with Gasteiger partial charge in [0.1, 0.15) is 10.8 Å². The van der Waals surface area contributed by atoms with Gasteiger partial charge in [-0.25, -0.2) is 4.98 Å². The standard InChI is InChI=1S/C19H21N3O2S/c1-13-7-16(24-21-13)8-15-9-22(10-18(15)23)11-19-20-17(12-25-19)14-5-3-2-4-6-14/h2-7,12,15,18,23H,8-11H2,1H3/t15-,18-/m1/s1. The van der Waals surface area contributed by atoms with E-state index in [1.165, 1.54) is 0 Å². The fraction of sp³-hybridized carbons (Fsp3) is 0.368. The Morgan fingerprint density at radius 2 is 2.12 bits per heavy atom. The van der Waals surface area contributed by atoms with Crippen LogP contribution in [0, 0.1) is 12.8 Å². The lowest BCUT2D eigenvalue weighted by Gasteiger charge is -2.13. The summed E-state index contributed by atoms with van der Waals surface area (Å²) in [4.78, 5) is 7.02. The molecule has 1 fully saturated rings. The predicted molar refractivity (Wildman–Crippen MR) is 97.3 cm³/mol. The minimum atomic E-state index is -0.334. The van der Waals surface area contributed by atoms with Gasteiger partial charge in [0.15, 0.2) is 0 Å². The Hall–Kier alpha value is -2.02. The molecule has 0 bridgehead atoms. The Kier molecular flexibility index (Phi) is 4.65. The van der Waals surface area contributed by atoms with Crippen molar-refractivity contribution in [1.82, 2.24) is 15.0 Å². The minimum absolute atomic E-state index is 0.181. The highest BCUT2D eigenvalue weighted by Crippen LogP contribution is 2.26. The van der Waals surface area contributed by atoms with Crippen molar-refractivity contribution in [2.75, 3.05) is 13.1 Å². The van der Waals surface area contributed by atoms with Crippen LogP contribution >= 0.6 is 11.3 Å². The molecule has 1 aliphatic rings. The first-order chi connectivity index (χ1) is 12.2. The van der Waals surface area contributed by atoms with Crippen molar-refractivity contribution >= 4 is 11.3 Å². The number of rotatable bonds is 5. The average molecular weight is 355 g/mol. The Balaban J connectivity index is 1.38. The molecule has 1 N–H and O–H groups in total. The molecule has 4 rings (SSSR count). The summed E-state index contributed by atoms with van der Waals surface area (Å²) in [6.07, 6.45) is 0.394. The fourth-order valence-corrected chi connectivity index (χ4v) is 4.20. The summed E-state index contributed by atoms with van der Waals surface area (Å²) in [5.41, 5.74) is 3.05. The van der Waals surface area contributed by atoms with Crippen molar-refractivity contribution < 1.29 is 9.63 Å². The zero-order valence-corrected chi connectivity index (χ0v) is 14.9. The lowest BCUT2D eigenvalue weighted by Crippen LogP contribution is -2.21. The van der Waals surface area contributed by atoms with Crippen LogP contribution in [-0.4, -0.2) is 39.3 Å². The third-order valence-electron chi connectivity index (χ3n) is 4.60. The molecule has 130 valence electrons. The molecule has 3 heterocycles. The number of hydrogen-bond donors (Lipinski definition) is 1. The summed E-state index contributed by atoms with van der Waals surface area (Å²) in [6.45, 7) is 4.22. The number of aliphatic hydroxyl groups excluding tert-OH is 1. The first kappa shape index (κ1) is 16.4. The van der Waals surface area contributed by atoms with Crippen LogP contribution in [0.4, 0.5) is 0 Å². The van der Waals surface area contributed by atoms with E-state index in [0.717, 1.165) is 47.2 Å². The van der Waals surface area contributed by atoms with Crippen molar-refractivity contribution in [1.29, 1.82) is 0 Å². The maximum absolute atomic E-state index is 10.4. The van der Waals surface area contributed by atoms with E-state index in [-0.39, 0.29) is 12.0 Å². The van der Waals surface area contributed by atoms with E-state index in [1.807, 2.05) is 31.2 Å². The molecule has 0 saturated carbocycles. The molecular weight excluding hydrogens is 334 g/mol. The van der Waals surface area contributed by atoms with Gasteiger partial charge in [-0.3, -0.25) is 4.90 Å². The van der Waals surface area contributed by atoms with Crippen LogP contribution in [-0.2, 0) is 13.0 Å². The summed E-state index contributed by atoms with van der Waals surface area (Å²) < 4.78 is 5.29. The Labute approximate surface area is 150 Å². The van der Waals surface area contributed by atoms with Crippen LogP contribution in [0.1, 0.15) is 16.5 Å². The number of aryl methyl sites for hydroxylation is 1. The van der Waals surface area contributed by atoms with Gasteiger partial charge in [0.05, 0.1) is 24.0 Å². The molecule has 0 amide bonds. The molecule has 1 aromatic carbocycles. The summed E-state index contributed by atoms with van der Waals surface area (Å²) in [5.74, 6) is 1.03. The van der Waals surface area contributed by atoms with Crippen LogP contribution in [0.5, 0.6) is 0 Å². The van der Waals surface area contributed by atoms with Gasteiger partial charge < -0.3 is 9.63 Å². The number of likely N-dealkylation sites (tertiary alicyclic amines) is 1. The molecule has 6 heteroatoms. The van der Waals surface area contributed by atoms with Gasteiger partial charge in [0.2, 0.25) is 0 Å². The van der Waals surface area contributed by atoms with Crippen molar-refractivity contribution in [3.63, 3.8) is 0 Å². The van der Waals surface area contributed by atoms with Crippen LogP contribution in [0.25, 0.3) is 11.3 Å². The molecule has 25 heavy (non-hydrogen) atoms. The zero-order valence-electron chi connectivity index (χ0n) is 14.1. The van der Waals surface area contributed by atoms with Gasteiger partial charge in [0.25, 0.3) is 0 Å². The second-order valence-electron chi connectivity index (χ2n) is 6.65. The fourth-order valence-electron chi connectivity index (χ4n) is 3.36. The average Bonchev–Trinajstić information content (AvgIpc) is 3.31. The Bertz CT molecular complexity index is 830. The number of benzene rings is 1. The third kappa shape index (κ3) is 3.81. The van der Waals surface area contributed by atoms with Gasteiger partial charge >= 0.3 is 0 Å². The van der Waals surface area contributed by atoms with Crippen LogP contribution in [0.3, 0.4) is 0 Å². The van der Waals surface area contributed by atoms with Gasteiger partial charge in [0, 0.05) is 42.4 Å². The molecule has 1 aliphatic heterocycles. The molecule has 0 radical (unpaired) electrons. The Morgan fingerprint density at radius 1 is 1.28 bits per heavy atom. The van der Waals surface area contributed by atoms with Gasteiger partial charge in [-0.1, -0.05) is 35.5 Å². The molecule has 0 spiro atoms. The van der Waals surface area contributed by atoms with E-state index in [2.05, 4.69) is 27.6 Å². The molecule has 3 aromatic rings. The molecular formula is C19H21N3O2S. The second kappa shape index (κ2) is 7.07. The largest absolute Gasteiger partial charge is 0.391 e. The maximum atomic E-state index is 10.4. The Morgan fingerprint density at radius 3 is 2.88 bits per heavy atom. The van der Waals surface area contributed by atoms with E-state index < -0.39 is 0 Å². The van der Waals surface area contributed by atoms with Crippen LogP contribution < -0.4 is 0 Å². The van der Waals surface area contributed by atoms with E-state index in [9.17, 15) is 5.11 Å². The monoisotopic (exact) mass is 355 g/mol. The van der Waals surface area contributed by atoms with E-state index >= 15 is 0 Å². The van der Waals surface area contributed by atoms with Crippen molar-refractivity contribution in [3.05, 3.63) is 58.2 Å². The first-order valence-corrected chi connectivity index (χ1v) is 9.38. The number of nitrogens with zero attached hydrogens (tertiary/aromatic N) is 3. The highest BCUT2D eigenvalue weighted by molar-refractivity contribution is 7.09. The topological polar surface area (TPSA) is 62.4 Å². The van der Waals surface area contributed by atoms with Crippen molar-refractivity contribution in [2.24, 2.45) is 5.92 Å². The van der Waals surface area contributed by atoms with Crippen molar-refractivity contribution in [2.45, 2.75) is 26.0 Å². The minimum Gasteiger partial charge on any atom is -0.391 e. The van der Waals surface area contributed by atoms with E-state index in [4.69, 9.17) is 9.51 Å². The number of hydrogen-bond acceptors (Lipinski definition) is 6. The molecule has 2 aromatic heterocycles. The van der Waals surface area contributed by atoms with Gasteiger partial charge in [-0.05, 0) is 6.92 Å². The number of β-amino-alcohol motifs (C(OH)–C–C–N with tert-alkyl or cyclic N) is 1. The lowest BCUT2D eigenvalue weighted by molar-refractivity contribution is 0.137. The molecule has 0 aliphatic carbocycles. The summed E-state index contributed by atoms with van der Waals surface area (Å²) in [5, 5.41) is 17.5. The quantitative estimate of drug-likeness (QED) is 0.762. The van der Waals surface area contributed by atoms with E-state index in [1.54, 1.807) is 11.3 Å². The van der Waals surface area contributed by atoms with E-state index in [0.29, 0.717) is 6.54 Å². The lowest BCUT2D eigenvalue weighted by atomic mass is 10.0. The molecule has 0 unspecified atom stereocenters. The molecule has 5 nitrogen and oxygen atoms in total. The van der Waals surface area contributed by atoms with Crippen LogP contribution in [0.2, 0.25) is 0 Å². The smallest absolute Gasteiger partial charge is 0.137 e. The summed E-state index contributed by atoms with van der Waals surface area (Å²) in [7, 11) is 0. The highest BCUT2D eigenvalue weighted by atomic mass is 32.1. The SMILES string of the molecule is Cc1cc(C[C@@H]2CN(Cc3nc(-c4ccccc4)cs3)C[C@H]2O)on1. The molecule has 1 saturated heterocycles. The van der Waals surface area contributed by atoms with Crippen LogP contribution in [0.15, 0.2) is 46.3 Å². The maximum Gasteiger partial charge on any atom is 0.137 e. The van der Waals surface area contributed by atoms with Gasteiger partial charge in [-0.15, -0.1) is 11.3 Å². The number of aliphatic hydroxyl groups is 1. The normalized spacial score (nSPS) is 21.0. The second-order valence-corrected chi connectivity index (χ2v) is 7.60. The number of aromatic nitrogens is 2. The highest BCUT2D eigenvalue weighted by Gasteiger charge is 2.32. The number of thiazole rings is 1. The summed E-state index contributed by atoms with van der Waals surface area (Å²) >= 11 is 1.68. The predicted octanol–water partition coefficient (Wildman–Crippen LogP) is 3.14. The van der Waals surface area contributed by atoms with Gasteiger partial charge in [-0.2, -0.15) is 0 Å². The molecule has 2 atom stereocenters.